The van der Waals surface area contributed by atoms with Crippen molar-refractivity contribution >= 4 is 21.5 Å². The Bertz CT molecular complexity index is 574. The number of aryl methyl sites for hydroxylation is 1. The first-order chi connectivity index (χ1) is 10.6. The van der Waals surface area contributed by atoms with Crippen molar-refractivity contribution in [2.45, 2.75) is 48.0 Å². The van der Waals surface area contributed by atoms with E-state index in [1.807, 2.05) is 52.8 Å². The Balaban J connectivity index is 0.00000102. The van der Waals surface area contributed by atoms with E-state index in [0.717, 1.165) is 39.0 Å². The predicted octanol–water partition coefficient (Wildman–Crippen LogP) is 7.30. The molecule has 0 spiro atoms. The van der Waals surface area contributed by atoms with Gasteiger partial charge in [-0.25, -0.2) is 0 Å². The Morgan fingerprint density at radius 3 is 2.14 bits per heavy atom. The molecule has 0 fully saturated rings. The van der Waals surface area contributed by atoms with Crippen LogP contribution in [0.5, 0.6) is 0 Å². The summed E-state index contributed by atoms with van der Waals surface area (Å²) in [5.74, 6) is 0. The molecule has 2 rings (SSSR count). The summed E-state index contributed by atoms with van der Waals surface area (Å²) in [6, 6.07) is 12.3. The fraction of sp³-hybridized carbons (Fsp3) is 0.350. The minimum Gasteiger partial charge on any atom is -0.251 e. The zero-order valence-electron chi connectivity index (χ0n) is 14.7. The number of halogens is 1. The molecule has 0 amide bonds. The lowest BCUT2D eigenvalue weighted by atomic mass is 10.0. The van der Waals surface area contributed by atoms with Crippen LogP contribution in [0.25, 0.3) is 16.8 Å². The number of hydrogen-bond donors (Lipinski definition) is 0. The van der Waals surface area contributed by atoms with Crippen LogP contribution < -0.4 is 0 Å². The van der Waals surface area contributed by atoms with E-state index in [-0.39, 0.29) is 0 Å². The van der Waals surface area contributed by atoms with Gasteiger partial charge < -0.3 is 0 Å². The monoisotopic (exact) mass is 361 g/mol. The molecule has 2 aromatic rings. The first-order valence-electron chi connectivity index (χ1n) is 8.04. The fourth-order valence-electron chi connectivity index (χ4n) is 1.93. The van der Waals surface area contributed by atoms with Crippen LogP contribution >= 0.6 is 15.9 Å². The normalized spacial score (nSPS) is 9.05. The lowest BCUT2D eigenvalue weighted by Gasteiger charge is -2.11. The molecule has 0 saturated heterocycles. The van der Waals surface area contributed by atoms with Gasteiger partial charge in [-0.15, -0.1) is 0 Å². The molecule has 0 bridgehead atoms. The lowest BCUT2D eigenvalue weighted by Crippen LogP contribution is -1.95. The second-order valence-corrected chi connectivity index (χ2v) is 5.13. The summed E-state index contributed by atoms with van der Waals surface area (Å²) in [7, 11) is 0. The summed E-state index contributed by atoms with van der Waals surface area (Å²) in [6.07, 6.45) is 0.944. The Kier molecular flexibility index (Phi) is 10.5. The zero-order valence-corrected chi connectivity index (χ0v) is 16.3. The number of hydrogen-bond acceptors (Lipinski definition) is 1. The van der Waals surface area contributed by atoms with Crippen LogP contribution in [0.4, 0.5) is 0 Å². The van der Waals surface area contributed by atoms with E-state index >= 15 is 0 Å². The van der Waals surface area contributed by atoms with E-state index in [9.17, 15) is 0 Å². The summed E-state index contributed by atoms with van der Waals surface area (Å²) in [5.41, 5.74) is 5.41. The molecule has 0 atom stereocenters. The molecular formula is C20H28BrN. The average molecular weight is 362 g/mol. The smallest absolute Gasteiger partial charge is 0.0847 e. The second-order valence-electron chi connectivity index (χ2n) is 4.27. The topological polar surface area (TPSA) is 12.9 Å². The molecule has 1 aromatic heterocycles. The first kappa shape index (κ1) is 20.6. The standard InChI is InChI=1S/C16H16BrN.2C2H6/c1-4-11(2)14-10-15(17)16(18-12(14)3)13-8-6-5-7-9-13;2*1-2/h5-10H,2,4H2,1,3H3;2*1-2H3. The van der Waals surface area contributed by atoms with Crippen LogP contribution in [0.15, 0.2) is 47.4 Å². The van der Waals surface area contributed by atoms with Gasteiger partial charge in [-0.1, -0.05) is 71.5 Å². The van der Waals surface area contributed by atoms with E-state index in [4.69, 9.17) is 4.98 Å². The van der Waals surface area contributed by atoms with Crippen molar-refractivity contribution in [3.8, 4) is 11.3 Å². The lowest BCUT2D eigenvalue weighted by molar-refractivity contribution is 1.15. The summed E-state index contributed by atoms with van der Waals surface area (Å²) >= 11 is 3.61. The number of allylic oxidation sites excluding steroid dienone is 1. The SMILES string of the molecule is C=C(CC)c1cc(Br)c(-c2ccccc2)nc1C.CC.CC. The Labute approximate surface area is 144 Å². The number of aromatic nitrogens is 1. The van der Waals surface area contributed by atoms with Gasteiger partial charge in [0, 0.05) is 15.7 Å². The van der Waals surface area contributed by atoms with Gasteiger partial charge >= 0.3 is 0 Å². The molecule has 0 radical (unpaired) electrons. The third kappa shape index (κ3) is 5.42. The molecule has 0 unspecified atom stereocenters. The molecule has 22 heavy (non-hydrogen) atoms. The summed E-state index contributed by atoms with van der Waals surface area (Å²) < 4.78 is 1.02. The molecule has 0 aliphatic heterocycles. The van der Waals surface area contributed by atoms with Crippen molar-refractivity contribution in [1.82, 2.24) is 4.98 Å². The van der Waals surface area contributed by atoms with Crippen molar-refractivity contribution < 1.29 is 0 Å². The van der Waals surface area contributed by atoms with E-state index in [1.54, 1.807) is 0 Å². The third-order valence-corrected chi connectivity index (χ3v) is 3.63. The number of rotatable bonds is 3. The maximum Gasteiger partial charge on any atom is 0.0847 e. The van der Waals surface area contributed by atoms with Gasteiger partial charge in [-0.3, -0.25) is 4.98 Å². The van der Waals surface area contributed by atoms with Crippen LogP contribution in [0, 0.1) is 6.92 Å². The second kappa shape index (κ2) is 11.2. The van der Waals surface area contributed by atoms with Crippen molar-refractivity contribution in [3.05, 3.63) is 58.7 Å². The minimum atomic E-state index is 0.944. The van der Waals surface area contributed by atoms with Crippen LogP contribution in [0.2, 0.25) is 0 Å². The van der Waals surface area contributed by atoms with Crippen LogP contribution in [-0.4, -0.2) is 4.98 Å². The zero-order chi connectivity index (χ0) is 17.1. The first-order valence-corrected chi connectivity index (χ1v) is 8.83. The summed E-state index contributed by atoms with van der Waals surface area (Å²) in [4.78, 5) is 4.70. The molecular weight excluding hydrogens is 334 g/mol. The van der Waals surface area contributed by atoms with Gasteiger partial charge in [0.2, 0.25) is 0 Å². The number of nitrogens with zero attached hydrogens (tertiary/aromatic N) is 1. The van der Waals surface area contributed by atoms with Crippen molar-refractivity contribution in [3.63, 3.8) is 0 Å². The average Bonchev–Trinajstić information content (AvgIpc) is 2.60. The van der Waals surface area contributed by atoms with Gasteiger partial charge in [0.05, 0.1) is 5.69 Å². The number of pyridine rings is 1. The van der Waals surface area contributed by atoms with Crippen LogP contribution in [0.1, 0.15) is 52.3 Å². The highest BCUT2D eigenvalue weighted by Crippen LogP contribution is 2.30. The molecule has 1 aromatic carbocycles. The highest BCUT2D eigenvalue weighted by atomic mass is 79.9. The highest BCUT2D eigenvalue weighted by molar-refractivity contribution is 9.10. The Morgan fingerprint density at radius 1 is 1.09 bits per heavy atom. The van der Waals surface area contributed by atoms with E-state index in [2.05, 4.69) is 47.6 Å². The largest absolute Gasteiger partial charge is 0.251 e. The van der Waals surface area contributed by atoms with Crippen LogP contribution in [0.3, 0.4) is 0 Å². The van der Waals surface area contributed by atoms with Crippen LogP contribution in [-0.2, 0) is 0 Å². The van der Waals surface area contributed by atoms with E-state index in [0.29, 0.717) is 0 Å². The molecule has 0 aliphatic carbocycles. The molecule has 120 valence electrons. The molecule has 0 N–H and O–H groups in total. The maximum absolute atomic E-state index is 4.70. The molecule has 1 heterocycles. The van der Waals surface area contributed by atoms with Gasteiger partial charge in [-0.2, -0.15) is 0 Å². The van der Waals surface area contributed by atoms with E-state index < -0.39 is 0 Å². The maximum atomic E-state index is 4.70. The van der Waals surface area contributed by atoms with Crippen molar-refractivity contribution in [2.24, 2.45) is 0 Å². The quantitative estimate of drug-likeness (QED) is 0.558. The summed E-state index contributed by atoms with van der Waals surface area (Å²) in [5, 5.41) is 0. The van der Waals surface area contributed by atoms with Gasteiger partial charge in [0.15, 0.2) is 0 Å². The molecule has 2 heteroatoms. The van der Waals surface area contributed by atoms with Crippen molar-refractivity contribution in [2.75, 3.05) is 0 Å². The predicted molar refractivity (Wildman–Crippen MR) is 104 cm³/mol. The summed E-state index contributed by atoms with van der Waals surface area (Å²) in [6.45, 7) is 16.2. The van der Waals surface area contributed by atoms with Gasteiger partial charge in [-0.05, 0) is 46.5 Å². The molecule has 1 nitrogen and oxygen atoms in total. The molecule has 0 saturated carbocycles. The van der Waals surface area contributed by atoms with Crippen molar-refractivity contribution in [1.29, 1.82) is 0 Å². The number of benzene rings is 1. The Morgan fingerprint density at radius 2 is 1.64 bits per heavy atom. The highest BCUT2D eigenvalue weighted by Gasteiger charge is 2.10. The molecule has 0 aliphatic rings. The minimum absolute atomic E-state index is 0.944. The Hall–Kier alpha value is -1.41. The van der Waals surface area contributed by atoms with E-state index in [1.165, 1.54) is 0 Å². The fourth-order valence-corrected chi connectivity index (χ4v) is 2.47. The third-order valence-electron chi connectivity index (χ3n) is 3.02. The van der Waals surface area contributed by atoms with Gasteiger partial charge in [0.1, 0.15) is 0 Å². The van der Waals surface area contributed by atoms with Gasteiger partial charge in [0.25, 0.3) is 0 Å².